The summed E-state index contributed by atoms with van der Waals surface area (Å²) < 4.78 is 66.7. The number of hydrogen-bond acceptors (Lipinski definition) is 15. The van der Waals surface area contributed by atoms with Gasteiger partial charge in [-0.3, -0.25) is 37.3 Å². The first-order valence-corrected chi connectivity index (χ1v) is 29.8. The second-order valence-corrected chi connectivity index (χ2v) is 21.1. The van der Waals surface area contributed by atoms with Gasteiger partial charge in [0.2, 0.25) is 0 Å². The van der Waals surface area contributed by atoms with Gasteiger partial charge in [0.25, 0.3) is 0 Å². The highest BCUT2D eigenvalue weighted by atomic mass is 31.2. The van der Waals surface area contributed by atoms with Crippen molar-refractivity contribution in [2.24, 2.45) is 0 Å². The lowest BCUT2D eigenvalue weighted by Gasteiger charge is -2.21. The molecule has 0 radical (unpaired) electrons. The van der Waals surface area contributed by atoms with Crippen molar-refractivity contribution in [2.45, 2.75) is 258 Å². The monoisotopic (exact) mass is 1030 g/mol. The van der Waals surface area contributed by atoms with Crippen LogP contribution in [0.1, 0.15) is 240 Å². The van der Waals surface area contributed by atoms with Crippen molar-refractivity contribution in [2.75, 3.05) is 39.6 Å². The summed E-state index contributed by atoms with van der Waals surface area (Å²) in [4.78, 5) is 70.7. The number of unbranched alkanes of at least 4 members (excludes halogenated alkanes) is 25. The first kappa shape index (κ1) is 67.1. The Balaban J connectivity index is 5.03. The number of phosphoric ester groups is 2. The molecule has 0 spiro atoms. The molecule has 0 aromatic carbocycles. The summed E-state index contributed by atoms with van der Waals surface area (Å²) in [5, 5.41) is 10.4. The number of esters is 4. The summed E-state index contributed by atoms with van der Waals surface area (Å²) in [6.45, 7) is 4.45. The van der Waals surface area contributed by atoms with Crippen molar-refractivity contribution in [3.8, 4) is 0 Å². The van der Waals surface area contributed by atoms with E-state index in [4.69, 9.17) is 37.0 Å². The molecule has 0 saturated heterocycles. The Morgan fingerprint density at radius 1 is 0.348 bits per heavy atom. The number of hydrogen-bond donors (Lipinski definition) is 3. The maximum atomic E-state index is 12.8. The summed E-state index contributed by atoms with van der Waals surface area (Å²) in [6.07, 6.45) is 26.6. The molecule has 0 aliphatic heterocycles. The van der Waals surface area contributed by atoms with Gasteiger partial charge < -0.3 is 33.8 Å². The van der Waals surface area contributed by atoms with Crippen LogP contribution >= 0.6 is 15.6 Å². The normalized spacial score (nSPS) is 14.6. The van der Waals surface area contributed by atoms with Gasteiger partial charge in [0.15, 0.2) is 12.2 Å². The van der Waals surface area contributed by atoms with Gasteiger partial charge in [-0.15, -0.1) is 0 Å². The molecule has 2 unspecified atom stereocenters. The van der Waals surface area contributed by atoms with Crippen molar-refractivity contribution in [3.05, 3.63) is 0 Å². The van der Waals surface area contributed by atoms with Crippen LogP contribution in [0.2, 0.25) is 0 Å². The maximum Gasteiger partial charge on any atom is 0.472 e. The van der Waals surface area contributed by atoms with Crippen molar-refractivity contribution >= 4 is 39.5 Å². The molecule has 0 aliphatic carbocycles. The van der Waals surface area contributed by atoms with Crippen LogP contribution in [-0.4, -0.2) is 96.7 Å². The summed E-state index contributed by atoms with van der Waals surface area (Å²) in [5.41, 5.74) is 0. The average Bonchev–Trinajstić information content (AvgIpc) is 3.32. The summed E-state index contributed by atoms with van der Waals surface area (Å²) in [7, 11) is -9.83. The molecular formula is C50H96O17P2. The van der Waals surface area contributed by atoms with E-state index < -0.39 is 97.5 Å². The quantitative estimate of drug-likeness (QED) is 0.0222. The zero-order chi connectivity index (χ0) is 51.3. The topological polar surface area (TPSA) is 237 Å². The van der Waals surface area contributed by atoms with Gasteiger partial charge in [-0.25, -0.2) is 9.13 Å². The third-order valence-electron chi connectivity index (χ3n) is 11.4. The molecule has 0 bridgehead atoms. The second-order valence-electron chi connectivity index (χ2n) is 18.2. The molecule has 0 aliphatic rings. The molecule has 0 heterocycles. The SMILES string of the molecule is CCCCCCCCCCCCCC(=O)O[C@H](COC(=O)CCCC)COP(=O)(O)OC[C@@H](O)COP(=O)(O)OC[C@@H](COC(=O)CCCCCCCCCCCC)OC(=O)CCCCCCCC. The average molecular weight is 1030 g/mol. The van der Waals surface area contributed by atoms with Crippen LogP contribution in [0.4, 0.5) is 0 Å². The maximum absolute atomic E-state index is 12.8. The Morgan fingerprint density at radius 2 is 0.594 bits per heavy atom. The van der Waals surface area contributed by atoms with Crippen LogP contribution in [0.3, 0.4) is 0 Å². The zero-order valence-electron chi connectivity index (χ0n) is 43.3. The molecule has 5 atom stereocenters. The minimum Gasteiger partial charge on any atom is -0.462 e. The van der Waals surface area contributed by atoms with Crippen molar-refractivity contribution in [1.29, 1.82) is 0 Å². The number of aliphatic hydroxyl groups is 1. The molecular weight excluding hydrogens is 934 g/mol. The smallest absolute Gasteiger partial charge is 0.462 e. The predicted octanol–water partition coefficient (Wildman–Crippen LogP) is 12.5. The van der Waals surface area contributed by atoms with E-state index >= 15 is 0 Å². The molecule has 69 heavy (non-hydrogen) atoms. The number of rotatable bonds is 51. The third kappa shape index (κ3) is 45.7. The van der Waals surface area contributed by atoms with Gasteiger partial charge in [-0.1, -0.05) is 188 Å². The summed E-state index contributed by atoms with van der Waals surface area (Å²) >= 11 is 0. The highest BCUT2D eigenvalue weighted by Crippen LogP contribution is 2.45. The molecule has 17 nitrogen and oxygen atoms in total. The van der Waals surface area contributed by atoms with Crippen molar-refractivity contribution in [3.63, 3.8) is 0 Å². The van der Waals surface area contributed by atoms with Gasteiger partial charge >= 0.3 is 39.5 Å². The highest BCUT2D eigenvalue weighted by Gasteiger charge is 2.30. The van der Waals surface area contributed by atoms with E-state index in [1.54, 1.807) is 0 Å². The molecule has 0 aromatic heterocycles. The fraction of sp³-hybridized carbons (Fsp3) is 0.920. The van der Waals surface area contributed by atoms with Crippen molar-refractivity contribution in [1.82, 2.24) is 0 Å². The Labute approximate surface area is 416 Å². The van der Waals surface area contributed by atoms with E-state index in [0.717, 1.165) is 83.5 Å². The Morgan fingerprint density at radius 3 is 0.899 bits per heavy atom. The van der Waals surface area contributed by atoms with E-state index in [1.165, 1.54) is 77.0 Å². The number of carbonyl (C=O) groups is 4. The van der Waals surface area contributed by atoms with E-state index in [-0.39, 0.29) is 25.7 Å². The summed E-state index contributed by atoms with van der Waals surface area (Å²) in [6, 6.07) is 0. The number of carbonyl (C=O) groups excluding carboxylic acids is 4. The minimum absolute atomic E-state index is 0.102. The second kappa shape index (κ2) is 45.9. The predicted molar refractivity (Wildman–Crippen MR) is 266 cm³/mol. The van der Waals surface area contributed by atoms with Gasteiger partial charge in [0.1, 0.15) is 19.3 Å². The first-order chi connectivity index (χ1) is 33.2. The van der Waals surface area contributed by atoms with Crippen LogP contribution in [0, 0.1) is 0 Å². The van der Waals surface area contributed by atoms with Crippen LogP contribution in [0.15, 0.2) is 0 Å². The molecule has 0 rings (SSSR count). The van der Waals surface area contributed by atoms with Crippen LogP contribution in [0.5, 0.6) is 0 Å². The molecule has 0 fully saturated rings. The third-order valence-corrected chi connectivity index (χ3v) is 13.3. The number of aliphatic hydroxyl groups excluding tert-OH is 1. The van der Waals surface area contributed by atoms with Gasteiger partial charge in [-0.2, -0.15) is 0 Å². The van der Waals surface area contributed by atoms with E-state index in [0.29, 0.717) is 25.7 Å². The standard InChI is InChI=1S/C50H96O17P2/c1-5-9-13-16-19-21-23-25-27-30-33-37-50(55)66-45(40-60-47(52)34-12-8-4)42-64-68(56,57)62-38-44(51)39-63-69(58,59)65-43-46(67-49(54)36-32-28-18-15-11-7-3)41-61-48(53)35-31-29-26-24-22-20-17-14-10-6-2/h44-46,51H,5-43H2,1-4H3,(H,56,57)(H,58,59)/t44-,45-,46-/m1/s1. The first-order valence-electron chi connectivity index (χ1n) is 26.8. The minimum atomic E-state index is -4.92. The molecule has 19 heteroatoms. The highest BCUT2D eigenvalue weighted by molar-refractivity contribution is 7.47. The Kier molecular flexibility index (Phi) is 44.6. The van der Waals surface area contributed by atoms with Crippen LogP contribution in [0.25, 0.3) is 0 Å². The van der Waals surface area contributed by atoms with Crippen LogP contribution in [-0.2, 0) is 65.4 Å². The van der Waals surface area contributed by atoms with E-state index in [1.807, 2.05) is 6.92 Å². The fourth-order valence-electron chi connectivity index (χ4n) is 7.14. The lowest BCUT2D eigenvalue weighted by atomic mass is 10.1. The zero-order valence-corrected chi connectivity index (χ0v) is 45.0. The van der Waals surface area contributed by atoms with Gasteiger partial charge in [-0.05, 0) is 25.7 Å². The Hall–Kier alpha value is -1.94. The van der Waals surface area contributed by atoms with E-state index in [9.17, 15) is 43.2 Å². The largest absolute Gasteiger partial charge is 0.472 e. The number of phosphoric acid groups is 2. The number of ether oxygens (including phenoxy) is 4. The Bertz CT molecular complexity index is 1370. The lowest BCUT2D eigenvalue weighted by molar-refractivity contribution is -0.161. The molecule has 0 saturated carbocycles. The van der Waals surface area contributed by atoms with Gasteiger partial charge in [0, 0.05) is 25.7 Å². The van der Waals surface area contributed by atoms with E-state index in [2.05, 4.69) is 20.8 Å². The van der Waals surface area contributed by atoms with Crippen molar-refractivity contribution < 1.29 is 80.2 Å². The molecule has 408 valence electrons. The molecule has 0 aromatic rings. The lowest BCUT2D eigenvalue weighted by Crippen LogP contribution is -2.30. The summed E-state index contributed by atoms with van der Waals surface area (Å²) in [5.74, 6) is -2.20. The molecule has 3 N–H and O–H groups in total. The van der Waals surface area contributed by atoms with Crippen LogP contribution < -0.4 is 0 Å². The van der Waals surface area contributed by atoms with Gasteiger partial charge in [0.05, 0.1) is 26.4 Å². The molecule has 0 amide bonds. The fourth-order valence-corrected chi connectivity index (χ4v) is 8.72.